The third-order valence-electron chi connectivity index (χ3n) is 4.53. The van der Waals surface area contributed by atoms with E-state index in [-0.39, 0.29) is 0 Å². The molecule has 1 N–H and O–H groups in total. The van der Waals surface area contributed by atoms with E-state index in [2.05, 4.69) is 26.3 Å². The van der Waals surface area contributed by atoms with Gasteiger partial charge in [-0.1, -0.05) is 11.6 Å². The van der Waals surface area contributed by atoms with Crippen LogP contribution < -0.4 is 10.2 Å². The maximum atomic E-state index is 10.8. The quantitative estimate of drug-likeness (QED) is 0.643. The van der Waals surface area contributed by atoms with Crippen LogP contribution in [0.1, 0.15) is 32.1 Å². The van der Waals surface area contributed by atoms with E-state index in [0.717, 1.165) is 57.3 Å². The molecule has 1 saturated heterocycles. The smallest absolute Gasteiger partial charge is 0.227 e. The van der Waals surface area contributed by atoms with Gasteiger partial charge in [0, 0.05) is 38.9 Å². The normalized spacial score (nSPS) is 18.5. The van der Waals surface area contributed by atoms with E-state index in [9.17, 15) is 4.79 Å². The third-order valence-corrected chi connectivity index (χ3v) is 4.53. The molecule has 1 aliphatic heterocycles. The molecule has 0 atom stereocenters. The van der Waals surface area contributed by atoms with Gasteiger partial charge < -0.3 is 15.1 Å². The Morgan fingerprint density at radius 1 is 1.22 bits per heavy atom. The molecule has 0 spiro atoms. The minimum absolute atomic E-state index is 0.735. The van der Waals surface area contributed by atoms with Gasteiger partial charge in [-0.2, -0.15) is 4.98 Å². The monoisotopic (exact) mass is 315 g/mol. The first-order valence-corrected chi connectivity index (χ1v) is 8.54. The Morgan fingerprint density at radius 3 is 2.83 bits per heavy atom. The van der Waals surface area contributed by atoms with Crippen molar-refractivity contribution in [3.05, 3.63) is 23.9 Å². The van der Waals surface area contributed by atoms with Crippen LogP contribution in [0.15, 0.2) is 23.9 Å². The highest BCUT2D eigenvalue weighted by Crippen LogP contribution is 2.20. The second-order valence-electron chi connectivity index (χ2n) is 6.16. The van der Waals surface area contributed by atoms with E-state index >= 15 is 0 Å². The topological polar surface area (TPSA) is 61.4 Å². The van der Waals surface area contributed by atoms with E-state index in [1.165, 1.54) is 25.7 Å². The van der Waals surface area contributed by atoms with Gasteiger partial charge >= 0.3 is 0 Å². The van der Waals surface area contributed by atoms with E-state index in [0.29, 0.717) is 0 Å². The molecule has 1 amide bonds. The van der Waals surface area contributed by atoms with Crippen molar-refractivity contribution < 1.29 is 4.79 Å². The Kier molecular flexibility index (Phi) is 5.45. The van der Waals surface area contributed by atoms with Gasteiger partial charge in [0.15, 0.2) is 0 Å². The standard InChI is InChI=1S/C17H25N5O/c23-14-21-10-12-22(13-11-21)17-19-9-7-16(20-17)18-8-6-15-4-2-1-3-5-15/h4,7,9,14H,1-3,5-6,8,10-13H2,(H,18,19,20). The maximum Gasteiger partial charge on any atom is 0.227 e. The number of nitrogens with zero attached hydrogens (tertiary/aromatic N) is 4. The molecule has 1 aromatic heterocycles. The number of carbonyl (C=O) groups excluding carboxylic acids is 1. The zero-order valence-electron chi connectivity index (χ0n) is 13.6. The summed E-state index contributed by atoms with van der Waals surface area (Å²) >= 11 is 0. The Hall–Kier alpha value is -2.11. The van der Waals surface area contributed by atoms with Crippen LogP contribution in [0.2, 0.25) is 0 Å². The van der Waals surface area contributed by atoms with Gasteiger partial charge in [0.05, 0.1) is 0 Å². The summed E-state index contributed by atoms with van der Waals surface area (Å²) in [6.07, 6.45) is 11.4. The molecule has 1 aromatic rings. The highest BCUT2D eigenvalue weighted by atomic mass is 16.1. The summed E-state index contributed by atoms with van der Waals surface area (Å²) in [5, 5.41) is 3.41. The highest BCUT2D eigenvalue weighted by molar-refractivity contribution is 5.49. The summed E-state index contributed by atoms with van der Waals surface area (Å²) < 4.78 is 0. The molecule has 3 rings (SSSR count). The number of carbonyl (C=O) groups is 1. The Labute approximate surface area is 137 Å². The summed E-state index contributed by atoms with van der Waals surface area (Å²) in [5.41, 5.74) is 1.57. The van der Waals surface area contributed by atoms with E-state index in [1.807, 2.05) is 6.07 Å². The number of hydrogen-bond donors (Lipinski definition) is 1. The fraction of sp³-hybridized carbons (Fsp3) is 0.588. The lowest BCUT2D eigenvalue weighted by Gasteiger charge is -2.32. The average Bonchev–Trinajstić information content (AvgIpc) is 2.63. The summed E-state index contributed by atoms with van der Waals surface area (Å²) in [6.45, 7) is 3.96. The van der Waals surface area contributed by atoms with Crippen LogP contribution in [0.3, 0.4) is 0 Å². The molecule has 0 bridgehead atoms. The molecular formula is C17H25N5O. The molecule has 2 aliphatic rings. The summed E-state index contributed by atoms with van der Waals surface area (Å²) in [4.78, 5) is 23.7. The molecule has 0 radical (unpaired) electrons. The predicted octanol–water partition coefficient (Wildman–Crippen LogP) is 2.06. The third kappa shape index (κ3) is 4.43. The van der Waals surface area contributed by atoms with Gasteiger partial charge in [-0.15, -0.1) is 0 Å². The number of allylic oxidation sites excluding steroid dienone is 1. The van der Waals surface area contributed by atoms with Crippen LogP contribution >= 0.6 is 0 Å². The number of nitrogens with one attached hydrogen (secondary N) is 1. The lowest BCUT2D eigenvalue weighted by atomic mass is 9.97. The lowest BCUT2D eigenvalue weighted by molar-refractivity contribution is -0.118. The molecule has 124 valence electrons. The number of anilines is 2. The fourth-order valence-corrected chi connectivity index (χ4v) is 3.11. The number of aromatic nitrogens is 2. The first-order valence-electron chi connectivity index (χ1n) is 8.54. The number of amides is 1. The Morgan fingerprint density at radius 2 is 2.09 bits per heavy atom. The molecule has 23 heavy (non-hydrogen) atoms. The molecule has 6 heteroatoms. The van der Waals surface area contributed by atoms with E-state index < -0.39 is 0 Å². The molecular weight excluding hydrogens is 290 g/mol. The van der Waals surface area contributed by atoms with Crippen LogP contribution in [0.25, 0.3) is 0 Å². The predicted molar refractivity (Wildman–Crippen MR) is 91.5 cm³/mol. The van der Waals surface area contributed by atoms with Crippen molar-refractivity contribution >= 4 is 18.2 Å². The largest absolute Gasteiger partial charge is 0.370 e. The molecule has 6 nitrogen and oxygen atoms in total. The molecule has 1 fully saturated rings. The summed E-state index contributed by atoms with van der Waals surface area (Å²) in [5.74, 6) is 1.63. The number of rotatable bonds is 6. The van der Waals surface area contributed by atoms with Gasteiger partial charge in [-0.05, 0) is 38.2 Å². The van der Waals surface area contributed by atoms with Crippen molar-refractivity contribution in [2.75, 3.05) is 42.9 Å². The summed E-state index contributed by atoms with van der Waals surface area (Å²) in [6, 6.07) is 1.92. The van der Waals surface area contributed by atoms with Crippen LogP contribution in [0.4, 0.5) is 11.8 Å². The molecule has 2 heterocycles. The van der Waals surface area contributed by atoms with Gasteiger partial charge in [0.1, 0.15) is 5.82 Å². The van der Waals surface area contributed by atoms with Gasteiger partial charge in [0.25, 0.3) is 0 Å². The number of hydrogen-bond acceptors (Lipinski definition) is 5. The van der Waals surface area contributed by atoms with Gasteiger partial charge in [-0.3, -0.25) is 4.79 Å². The van der Waals surface area contributed by atoms with Gasteiger partial charge in [0.2, 0.25) is 12.4 Å². The lowest BCUT2D eigenvalue weighted by Crippen LogP contribution is -2.46. The zero-order valence-corrected chi connectivity index (χ0v) is 13.6. The van der Waals surface area contributed by atoms with Crippen molar-refractivity contribution in [1.29, 1.82) is 0 Å². The van der Waals surface area contributed by atoms with E-state index in [4.69, 9.17) is 0 Å². The minimum atomic E-state index is 0.735. The first-order chi connectivity index (χ1) is 11.3. The zero-order chi connectivity index (χ0) is 15.9. The SMILES string of the molecule is O=CN1CCN(c2nccc(NCCC3=CCCCC3)n2)CC1. The second-order valence-corrected chi connectivity index (χ2v) is 6.16. The van der Waals surface area contributed by atoms with Crippen molar-refractivity contribution in [2.24, 2.45) is 0 Å². The van der Waals surface area contributed by atoms with Crippen molar-refractivity contribution in [3.8, 4) is 0 Å². The molecule has 0 unspecified atom stereocenters. The van der Waals surface area contributed by atoms with Crippen LogP contribution in [0.5, 0.6) is 0 Å². The van der Waals surface area contributed by atoms with Gasteiger partial charge in [-0.25, -0.2) is 4.98 Å². The molecule has 1 aliphatic carbocycles. The van der Waals surface area contributed by atoms with Crippen molar-refractivity contribution in [2.45, 2.75) is 32.1 Å². The maximum absolute atomic E-state index is 10.8. The fourth-order valence-electron chi connectivity index (χ4n) is 3.11. The molecule has 0 saturated carbocycles. The van der Waals surface area contributed by atoms with Crippen molar-refractivity contribution in [3.63, 3.8) is 0 Å². The first kappa shape index (κ1) is 15.8. The van der Waals surface area contributed by atoms with Crippen LogP contribution in [0, 0.1) is 0 Å². The number of piperazine rings is 1. The molecule has 0 aromatic carbocycles. The second kappa shape index (κ2) is 7.94. The Balaban J connectivity index is 1.51. The van der Waals surface area contributed by atoms with Crippen molar-refractivity contribution in [1.82, 2.24) is 14.9 Å². The van der Waals surface area contributed by atoms with Crippen LogP contribution in [-0.4, -0.2) is 54.0 Å². The Bertz CT molecular complexity index is 552. The highest BCUT2D eigenvalue weighted by Gasteiger charge is 2.17. The minimum Gasteiger partial charge on any atom is -0.370 e. The van der Waals surface area contributed by atoms with E-state index in [1.54, 1.807) is 16.7 Å². The summed E-state index contributed by atoms with van der Waals surface area (Å²) in [7, 11) is 0. The van der Waals surface area contributed by atoms with Crippen LogP contribution in [-0.2, 0) is 4.79 Å². The average molecular weight is 315 g/mol.